The van der Waals surface area contributed by atoms with Crippen LogP contribution in [0.3, 0.4) is 0 Å². The van der Waals surface area contributed by atoms with Gasteiger partial charge in [-0.05, 0) is 36.2 Å². The number of nitrogens with one attached hydrogen (secondary N) is 1. The van der Waals surface area contributed by atoms with Crippen molar-refractivity contribution in [3.63, 3.8) is 0 Å². The number of hydrogen-bond donors (Lipinski definition) is 1. The van der Waals surface area contributed by atoms with Crippen molar-refractivity contribution in [2.24, 2.45) is 0 Å². The molecule has 0 radical (unpaired) electrons. The lowest BCUT2D eigenvalue weighted by molar-refractivity contribution is -0.116. The highest BCUT2D eigenvalue weighted by Crippen LogP contribution is 2.30. The van der Waals surface area contributed by atoms with Gasteiger partial charge >= 0.3 is 0 Å². The fourth-order valence-electron chi connectivity index (χ4n) is 3.18. The van der Waals surface area contributed by atoms with E-state index in [1.807, 2.05) is 42.5 Å². The quantitative estimate of drug-likeness (QED) is 0.812. The highest BCUT2D eigenvalue weighted by atomic mass is 16.5. The maximum Gasteiger partial charge on any atom is 0.224 e. The van der Waals surface area contributed by atoms with E-state index < -0.39 is 0 Å². The number of benzene rings is 2. The molecule has 6 nitrogen and oxygen atoms in total. The zero-order valence-electron chi connectivity index (χ0n) is 15.9. The van der Waals surface area contributed by atoms with Crippen LogP contribution in [-0.2, 0) is 16.0 Å². The van der Waals surface area contributed by atoms with E-state index in [2.05, 4.69) is 10.2 Å². The molecule has 6 heteroatoms. The van der Waals surface area contributed by atoms with Crippen molar-refractivity contribution in [1.82, 2.24) is 0 Å². The van der Waals surface area contributed by atoms with Crippen LogP contribution in [0.15, 0.2) is 42.5 Å². The molecule has 0 saturated carbocycles. The summed E-state index contributed by atoms with van der Waals surface area (Å²) in [6.45, 7) is 3.11. The SMILES string of the molecule is COc1ccccc1CCC(=O)Nc1cc(N2CCOCC2)ccc1OC. The number of methoxy groups -OCH3 is 2. The molecule has 0 aromatic heterocycles. The van der Waals surface area contributed by atoms with Gasteiger partial charge < -0.3 is 24.4 Å². The maximum atomic E-state index is 12.5. The molecule has 1 N–H and O–H groups in total. The molecule has 1 aliphatic heterocycles. The molecule has 27 heavy (non-hydrogen) atoms. The third kappa shape index (κ3) is 4.92. The number of nitrogens with zero attached hydrogens (tertiary/aromatic N) is 1. The van der Waals surface area contributed by atoms with Crippen LogP contribution in [0.1, 0.15) is 12.0 Å². The molecule has 1 amide bonds. The third-order valence-corrected chi connectivity index (χ3v) is 4.65. The van der Waals surface area contributed by atoms with Crippen LogP contribution in [0, 0.1) is 0 Å². The van der Waals surface area contributed by atoms with Crippen LogP contribution in [0.4, 0.5) is 11.4 Å². The second kappa shape index (κ2) is 9.28. The van der Waals surface area contributed by atoms with Crippen LogP contribution in [0.5, 0.6) is 11.5 Å². The topological polar surface area (TPSA) is 60.0 Å². The number of para-hydroxylation sites is 1. The monoisotopic (exact) mass is 370 g/mol. The molecule has 1 heterocycles. The van der Waals surface area contributed by atoms with Gasteiger partial charge in [0.25, 0.3) is 0 Å². The Hall–Kier alpha value is -2.73. The highest BCUT2D eigenvalue weighted by Gasteiger charge is 2.15. The summed E-state index contributed by atoms with van der Waals surface area (Å²) in [4.78, 5) is 14.7. The van der Waals surface area contributed by atoms with Crippen molar-refractivity contribution in [3.05, 3.63) is 48.0 Å². The maximum absolute atomic E-state index is 12.5. The Morgan fingerprint density at radius 2 is 1.81 bits per heavy atom. The molecule has 1 aliphatic rings. The van der Waals surface area contributed by atoms with Crippen LogP contribution in [0.2, 0.25) is 0 Å². The molecule has 1 fully saturated rings. The normalized spacial score (nSPS) is 13.9. The Morgan fingerprint density at radius 1 is 1.07 bits per heavy atom. The summed E-state index contributed by atoms with van der Waals surface area (Å²) in [5.41, 5.74) is 2.76. The molecule has 0 aliphatic carbocycles. The first kappa shape index (κ1) is 19.0. The minimum atomic E-state index is -0.0571. The summed E-state index contributed by atoms with van der Waals surface area (Å²) in [7, 11) is 3.25. The lowest BCUT2D eigenvalue weighted by Crippen LogP contribution is -2.36. The van der Waals surface area contributed by atoms with E-state index in [9.17, 15) is 4.79 Å². The molecule has 0 unspecified atom stereocenters. The summed E-state index contributed by atoms with van der Waals surface area (Å²) >= 11 is 0. The number of carbonyl (C=O) groups is 1. The van der Waals surface area contributed by atoms with Gasteiger partial charge in [-0.15, -0.1) is 0 Å². The van der Waals surface area contributed by atoms with Crippen molar-refractivity contribution in [2.45, 2.75) is 12.8 Å². The van der Waals surface area contributed by atoms with Crippen LogP contribution < -0.4 is 19.7 Å². The number of amides is 1. The molecule has 2 aromatic rings. The van der Waals surface area contributed by atoms with Gasteiger partial charge in [-0.3, -0.25) is 4.79 Å². The Balaban J connectivity index is 1.67. The van der Waals surface area contributed by atoms with Gasteiger partial charge in [0.1, 0.15) is 11.5 Å². The lowest BCUT2D eigenvalue weighted by atomic mass is 10.1. The van der Waals surface area contributed by atoms with E-state index in [4.69, 9.17) is 14.2 Å². The number of carbonyl (C=O) groups excluding carboxylic acids is 1. The largest absolute Gasteiger partial charge is 0.496 e. The summed E-state index contributed by atoms with van der Waals surface area (Å²) in [5, 5.41) is 2.99. The summed E-state index contributed by atoms with van der Waals surface area (Å²) < 4.78 is 16.2. The average Bonchev–Trinajstić information content (AvgIpc) is 2.73. The van der Waals surface area contributed by atoms with E-state index in [1.54, 1.807) is 14.2 Å². The van der Waals surface area contributed by atoms with Crippen LogP contribution >= 0.6 is 0 Å². The van der Waals surface area contributed by atoms with Crippen LogP contribution in [-0.4, -0.2) is 46.4 Å². The van der Waals surface area contributed by atoms with Crippen molar-refractivity contribution < 1.29 is 19.0 Å². The number of ether oxygens (including phenoxy) is 3. The van der Waals surface area contributed by atoms with Crippen molar-refractivity contribution in [2.75, 3.05) is 50.7 Å². The van der Waals surface area contributed by atoms with Gasteiger partial charge in [0, 0.05) is 25.2 Å². The molecule has 144 valence electrons. The van der Waals surface area contributed by atoms with E-state index >= 15 is 0 Å². The molecule has 0 spiro atoms. The van der Waals surface area contributed by atoms with Gasteiger partial charge in [-0.25, -0.2) is 0 Å². The average molecular weight is 370 g/mol. The van der Waals surface area contributed by atoms with Gasteiger partial charge in [0.15, 0.2) is 0 Å². The number of rotatable bonds is 7. The Bertz CT molecular complexity index is 773. The molecule has 0 atom stereocenters. The second-order valence-corrected chi connectivity index (χ2v) is 6.34. The zero-order valence-corrected chi connectivity index (χ0v) is 15.9. The third-order valence-electron chi connectivity index (χ3n) is 4.65. The zero-order chi connectivity index (χ0) is 19.1. The van der Waals surface area contributed by atoms with E-state index in [0.29, 0.717) is 37.5 Å². The van der Waals surface area contributed by atoms with Crippen LogP contribution in [0.25, 0.3) is 0 Å². The Morgan fingerprint density at radius 3 is 2.56 bits per heavy atom. The number of morpholine rings is 1. The van der Waals surface area contributed by atoms with Gasteiger partial charge in [-0.1, -0.05) is 18.2 Å². The standard InChI is InChI=1S/C21H26N2O4/c1-25-19-6-4-3-5-16(19)7-10-21(24)22-18-15-17(8-9-20(18)26-2)23-11-13-27-14-12-23/h3-6,8-9,15H,7,10-14H2,1-2H3,(H,22,24). The van der Waals surface area contributed by atoms with E-state index in [-0.39, 0.29) is 5.91 Å². The molecule has 1 saturated heterocycles. The first-order valence-corrected chi connectivity index (χ1v) is 9.13. The minimum absolute atomic E-state index is 0.0571. The molecular formula is C21H26N2O4. The lowest BCUT2D eigenvalue weighted by Gasteiger charge is -2.29. The molecule has 0 bridgehead atoms. The van der Waals surface area contributed by atoms with Gasteiger partial charge in [0.2, 0.25) is 5.91 Å². The molecule has 2 aromatic carbocycles. The number of aryl methyl sites for hydroxylation is 1. The predicted molar refractivity (Wildman–Crippen MR) is 106 cm³/mol. The molecular weight excluding hydrogens is 344 g/mol. The van der Waals surface area contributed by atoms with E-state index in [0.717, 1.165) is 30.1 Å². The Labute approximate surface area is 160 Å². The summed E-state index contributed by atoms with van der Waals surface area (Å²) in [6.07, 6.45) is 0.979. The van der Waals surface area contributed by atoms with Crippen molar-refractivity contribution in [3.8, 4) is 11.5 Å². The second-order valence-electron chi connectivity index (χ2n) is 6.34. The number of anilines is 2. The van der Waals surface area contributed by atoms with Crippen molar-refractivity contribution in [1.29, 1.82) is 0 Å². The van der Waals surface area contributed by atoms with Crippen molar-refractivity contribution >= 4 is 17.3 Å². The van der Waals surface area contributed by atoms with Gasteiger partial charge in [0.05, 0.1) is 33.1 Å². The minimum Gasteiger partial charge on any atom is -0.496 e. The first-order valence-electron chi connectivity index (χ1n) is 9.13. The predicted octanol–water partition coefficient (Wildman–Crippen LogP) is 3.11. The summed E-state index contributed by atoms with van der Waals surface area (Å²) in [6, 6.07) is 13.6. The fraction of sp³-hybridized carbons (Fsp3) is 0.381. The Kier molecular flexibility index (Phi) is 6.54. The van der Waals surface area contributed by atoms with Gasteiger partial charge in [-0.2, -0.15) is 0 Å². The molecule has 3 rings (SSSR count). The first-order chi connectivity index (χ1) is 13.2. The fourth-order valence-corrected chi connectivity index (χ4v) is 3.18. The number of hydrogen-bond acceptors (Lipinski definition) is 5. The smallest absolute Gasteiger partial charge is 0.224 e. The highest BCUT2D eigenvalue weighted by molar-refractivity contribution is 5.93. The van der Waals surface area contributed by atoms with E-state index in [1.165, 1.54) is 0 Å². The summed E-state index contributed by atoms with van der Waals surface area (Å²) in [5.74, 6) is 1.40.